The van der Waals surface area contributed by atoms with Crippen molar-refractivity contribution in [2.24, 2.45) is 0 Å². The van der Waals surface area contributed by atoms with Gasteiger partial charge in [0, 0.05) is 6.20 Å². The fourth-order valence-corrected chi connectivity index (χ4v) is 1.69. The number of aryl methyl sites for hydroxylation is 1. The molecule has 0 amide bonds. The van der Waals surface area contributed by atoms with Gasteiger partial charge in [-0.3, -0.25) is 4.98 Å². The van der Waals surface area contributed by atoms with Gasteiger partial charge in [-0.15, -0.1) is 0 Å². The van der Waals surface area contributed by atoms with Gasteiger partial charge in [0.2, 0.25) is 0 Å². The Hall–Kier alpha value is -2.16. The van der Waals surface area contributed by atoms with Crippen molar-refractivity contribution in [3.8, 4) is 11.1 Å². The lowest BCUT2D eigenvalue weighted by atomic mass is 10.00. The second-order valence-electron chi connectivity index (χ2n) is 3.49. The highest BCUT2D eigenvalue weighted by atomic mass is 16.4. The predicted molar refractivity (Wildman–Crippen MR) is 61.4 cm³/mol. The largest absolute Gasteiger partial charge is 0.478 e. The van der Waals surface area contributed by atoms with E-state index in [1.807, 2.05) is 30.3 Å². The van der Waals surface area contributed by atoms with Crippen LogP contribution in [0.25, 0.3) is 11.1 Å². The third-order valence-corrected chi connectivity index (χ3v) is 2.44. The highest BCUT2D eigenvalue weighted by Gasteiger charge is 2.14. The van der Waals surface area contributed by atoms with Crippen LogP contribution in [0, 0.1) is 6.92 Å². The van der Waals surface area contributed by atoms with Crippen LogP contribution in [0.2, 0.25) is 0 Å². The van der Waals surface area contributed by atoms with Crippen LogP contribution in [0.1, 0.15) is 16.1 Å². The van der Waals surface area contributed by atoms with Crippen molar-refractivity contribution >= 4 is 5.97 Å². The number of nitrogens with zero attached hydrogens (tertiary/aromatic N) is 1. The lowest BCUT2D eigenvalue weighted by Gasteiger charge is -2.07. The molecule has 1 aromatic carbocycles. The molecule has 0 bridgehead atoms. The zero-order chi connectivity index (χ0) is 11.5. The van der Waals surface area contributed by atoms with Gasteiger partial charge in [0.15, 0.2) is 0 Å². The number of benzene rings is 1. The average Bonchev–Trinajstić information content (AvgIpc) is 2.29. The Labute approximate surface area is 93.4 Å². The Morgan fingerprint density at radius 2 is 1.88 bits per heavy atom. The van der Waals surface area contributed by atoms with Crippen LogP contribution in [0.5, 0.6) is 0 Å². The molecule has 16 heavy (non-hydrogen) atoms. The number of carbonyl (C=O) groups is 1. The van der Waals surface area contributed by atoms with Gasteiger partial charge in [0.25, 0.3) is 0 Å². The zero-order valence-corrected chi connectivity index (χ0v) is 8.84. The van der Waals surface area contributed by atoms with Crippen molar-refractivity contribution in [1.82, 2.24) is 4.98 Å². The predicted octanol–water partition coefficient (Wildman–Crippen LogP) is 2.76. The molecule has 0 unspecified atom stereocenters. The molecule has 3 nitrogen and oxygen atoms in total. The van der Waals surface area contributed by atoms with Crippen molar-refractivity contribution in [2.75, 3.05) is 0 Å². The fraction of sp³-hybridized carbons (Fsp3) is 0.0769. The molecular formula is C13H11NO2. The third-order valence-electron chi connectivity index (χ3n) is 2.44. The van der Waals surface area contributed by atoms with Gasteiger partial charge in [-0.2, -0.15) is 0 Å². The molecule has 0 aliphatic heterocycles. The molecule has 0 saturated heterocycles. The van der Waals surface area contributed by atoms with E-state index in [9.17, 15) is 4.79 Å². The Balaban J connectivity index is 2.66. The first-order valence-electron chi connectivity index (χ1n) is 4.94. The number of carboxylic acids is 1. The van der Waals surface area contributed by atoms with Gasteiger partial charge in [-0.25, -0.2) is 4.79 Å². The first kappa shape index (κ1) is 10.4. The molecule has 0 atom stereocenters. The quantitative estimate of drug-likeness (QED) is 0.834. The lowest BCUT2D eigenvalue weighted by molar-refractivity contribution is 0.0696. The summed E-state index contributed by atoms with van der Waals surface area (Å²) >= 11 is 0. The van der Waals surface area contributed by atoms with E-state index in [0.717, 1.165) is 5.56 Å². The van der Waals surface area contributed by atoms with E-state index in [2.05, 4.69) is 4.98 Å². The maximum Gasteiger partial charge on any atom is 0.338 e. The molecule has 0 radical (unpaired) electrons. The van der Waals surface area contributed by atoms with E-state index in [0.29, 0.717) is 11.3 Å². The van der Waals surface area contributed by atoms with Gasteiger partial charge in [0.1, 0.15) is 0 Å². The molecule has 1 N–H and O–H groups in total. The first-order valence-corrected chi connectivity index (χ1v) is 4.94. The molecule has 0 saturated carbocycles. The minimum Gasteiger partial charge on any atom is -0.478 e. The molecule has 2 rings (SSSR count). The number of rotatable bonds is 2. The van der Waals surface area contributed by atoms with Gasteiger partial charge in [-0.1, -0.05) is 30.3 Å². The van der Waals surface area contributed by atoms with Crippen molar-refractivity contribution in [1.29, 1.82) is 0 Å². The highest BCUT2D eigenvalue weighted by Crippen LogP contribution is 2.24. The monoisotopic (exact) mass is 213 g/mol. The number of aromatic carboxylic acids is 1. The summed E-state index contributed by atoms with van der Waals surface area (Å²) < 4.78 is 0. The summed E-state index contributed by atoms with van der Waals surface area (Å²) in [5.41, 5.74) is 2.41. The SMILES string of the molecule is Cc1nccc(-c2ccccc2)c1C(=O)O. The summed E-state index contributed by atoms with van der Waals surface area (Å²) in [7, 11) is 0. The van der Waals surface area contributed by atoms with E-state index in [4.69, 9.17) is 5.11 Å². The molecule has 80 valence electrons. The van der Waals surface area contributed by atoms with Gasteiger partial charge in [0.05, 0.1) is 11.3 Å². The third kappa shape index (κ3) is 1.80. The topological polar surface area (TPSA) is 50.2 Å². The van der Waals surface area contributed by atoms with Crippen molar-refractivity contribution < 1.29 is 9.90 Å². The molecule has 2 aromatic rings. The average molecular weight is 213 g/mol. The fourth-order valence-electron chi connectivity index (χ4n) is 1.69. The number of hydrogen-bond acceptors (Lipinski definition) is 2. The summed E-state index contributed by atoms with van der Waals surface area (Å²) in [4.78, 5) is 15.2. The number of hydrogen-bond donors (Lipinski definition) is 1. The zero-order valence-electron chi connectivity index (χ0n) is 8.84. The Morgan fingerprint density at radius 3 is 2.50 bits per heavy atom. The van der Waals surface area contributed by atoms with E-state index >= 15 is 0 Å². The number of carboxylic acid groups (broad SMARTS) is 1. The summed E-state index contributed by atoms with van der Waals surface area (Å²) in [6.45, 7) is 1.70. The molecule has 1 heterocycles. The van der Waals surface area contributed by atoms with E-state index in [1.54, 1.807) is 19.2 Å². The number of aromatic nitrogens is 1. The highest BCUT2D eigenvalue weighted by molar-refractivity contribution is 5.96. The standard InChI is InChI=1S/C13H11NO2/c1-9-12(13(15)16)11(7-8-14-9)10-5-3-2-4-6-10/h2-8H,1H3,(H,15,16). The minimum absolute atomic E-state index is 0.272. The van der Waals surface area contributed by atoms with Crippen LogP contribution in [0.3, 0.4) is 0 Å². The van der Waals surface area contributed by atoms with Crippen LogP contribution >= 0.6 is 0 Å². The van der Waals surface area contributed by atoms with Crippen molar-refractivity contribution in [2.45, 2.75) is 6.92 Å². The molecular weight excluding hydrogens is 202 g/mol. The Morgan fingerprint density at radius 1 is 1.19 bits per heavy atom. The number of pyridine rings is 1. The summed E-state index contributed by atoms with van der Waals surface area (Å²) in [6, 6.07) is 11.2. The van der Waals surface area contributed by atoms with Crippen LogP contribution in [0.15, 0.2) is 42.6 Å². The Kier molecular flexibility index (Phi) is 2.68. The second-order valence-corrected chi connectivity index (χ2v) is 3.49. The normalized spacial score (nSPS) is 10.1. The van der Waals surface area contributed by atoms with E-state index < -0.39 is 5.97 Å². The summed E-state index contributed by atoms with van der Waals surface area (Å²) in [5.74, 6) is -0.940. The maximum atomic E-state index is 11.2. The molecule has 1 aromatic heterocycles. The van der Waals surface area contributed by atoms with E-state index in [-0.39, 0.29) is 5.56 Å². The van der Waals surface area contributed by atoms with Crippen LogP contribution in [-0.2, 0) is 0 Å². The smallest absolute Gasteiger partial charge is 0.338 e. The second kappa shape index (κ2) is 4.14. The maximum absolute atomic E-state index is 11.2. The molecule has 0 aliphatic carbocycles. The molecule has 0 aliphatic rings. The summed E-state index contributed by atoms with van der Waals surface area (Å²) in [5, 5.41) is 9.17. The van der Waals surface area contributed by atoms with Crippen LogP contribution in [0.4, 0.5) is 0 Å². The van der Waals surface area contributed by atoms with E-state index in [1.165, 1.54) is 0 Å². The van der Waals surface area contributed by atoms with Gasteiger partial charge >= 0.3 is 5.97 Å². The Bertz CT molecular complexity index is 521. The first-order chi connectivity index (χ1) is 7.70. The van der Waals surface area contributed by atoms with Gasteiger partial charge in [-0.05, 0) is 24.1 Å². The molecule has 3 heteroatoms. The minimum atomic E-state index is -0.940. The molecule has 0 fully saturated rings. The summed E-state index contributed by atoms with van der Waals surface area (Å²) in [6.07, 6.45) is 1.63. The van der Waals surface area contributed by atoms with Crippen molar-refractivity contribution in [3.63, 3.8) is 0 Å². The van der Waals surface area contributed by atoms with Gasteiger partial charge < -0.3 is 5.11 Å². The van der Waals surface area contributed by atoms with Crippen molar-refractivity contribution in [3.05, 3.63) is 53.9 Å². The lowest BCUT2D eigenvalue weighted by Crippen LogP contribution is -2.04. The molecule has 0 spiro atoms. The van der Waals surface area contributed by atoms with Crippen LogP contribution < -0.4 is 0 Å². The van der Waals surface area contributed by atoms with Crippen LogP contribution in [-0.4, -0.2) is 16.1 Å².